The van der Waals surface area contributed by atoms with E-state index < -0.39 is 6.67 Å². The second-order valence-corrected chi connectivity index (χ2v) is 2.31. The first-order chi connectivity index (χ1) is 5.24. The van der Waals surface area contributed by atoms with Gasteiger partial charge in [0.2, 0.25) is 0 Å². The van der Waals surface area contributed by atoms with Crippen LogP contribution in [0.5, 0.6) is 0 Å². The smallest absolute Gasteiger partial charge is 0.109 e. The second kappa shape index (κ2) is 3.27. The third kappa shape index (κ3) is 1.86. The normalized spacial score (nSPS) is 10.0. The lowest BCUT2D eigenvalue weighted by Crippen LogP contribution is -1.99. The van der Waals surface area contributed by atoms with Crippen LogP contribution >= 0.6 is 0 Å². The minimum atomic E-state index is -0.418. The maximum Gasteiger partial charge on any atom is 0.109 e. The molecule has 0 radical (unpaired) electrons. The molecule has 0 aromatic carbocycles. The van der Waals surface area contributed by atoms with Crippen LogP contribution in [0.2, 0.25) is 0 Å². The van der Waals surface area contributed by atoms with Gasteiger partial charge >= 0.3 is 0 Å². The van der Waals surface area contributed by atoms with Crippen molar-refractivity contribution in [1.82, 2.24) is 9.78 Å². The van der Waals surface area contributed by atoms with Gasteiger partial charge in [0, 0.05) is 17.5 Å². The summed E-state index contributed by atoms with van der Waals surface area (Å²) in [6.07, 6.45) is 3.24. The first-order valence-electron chi connectivity index (χ1n) is 3.38. The topological polar surface area (TPSA) is 41.7 Å². The molecule has 60 valence electrons. The molecular weight excluding hydrogens is 145 g/mol. The minimum absolute atomic E-state index is 0.271. The number of alkyl halides is 1. The van der Waals surface area contributed by atoms with Gasteiger partial charge in [0.1, 0.15) is 6.67 Å². The first-order valence-corrected chi connectivity index (χ1v) is 3.38. The van der Waals surface area contributed by atoms with E-state index in [4.69, 9.17) is 5.41 Å². The molecule has 0 unspecified atom stereocenters. The molecule has 4 heteroatoms. The van der Waals surface area contributed by atoms with Gasteiger partial charge in [-0.2, -0.15) is 5.10 Å². The maximum atomic E-state index is 11.8. The van der Waals surface area contributed by atoms with Gasteiger partial charge in [0.05, 0.1) is 12.7 Å². The summed E-state index contributed by atoms with van der Waals surface area (Å²) >= 11 is 0. The molecule has 0 aliphatic carbocycles. The summed E-state index contributed by atoms with van der Waals surface area (Å²) in [6.45, 7) is 1.53. The van der Waals surface area contributed by atoms with E-state index in [0.717, 1.165) is 5.56 Å². The van der Waals surface area contributed by atoms with Gasteiger partial charge in [-0.25, -0.2) is 4.39 Å². The van der Waals surface area contributed by atoms with Gasteiger partial charge in [-0.15, -0.1) is 0 Å². The van der Waals surface area contributed by atoms with Crippen LogP contribution in [0.15, 0.2) is 12.4 Å². The third-order valence-electron chi connectivity index (χ3n) is 1.38. The molecule has 0 fully saturated rings. The van der Waals surface area contributed by atoms with Gasteiger partial charge in [-0.05, 0) is 6.92 Å². The van der Waals surface area contributed by atoms with E-state index in [9.17, 15) is 4.39 Å². The van der Waals surface area contributed by atoms with Crippen molar-refractivity contribution in [3.63, 3.8) is 0 Å². The molecule has 1 N–H and O–H groups in total. The predicted molar refractivity (Wildman–Crippen MR) is 40.7 cm³/mol. The average molecular weight is 155 g/mol. The van der Waals surface area contributed by atoms with E-state index in [-0.39, 0.29) is 6.54 Å². The van der Waals surface area contributed by atoms with E-state index in [0.29, 0.717) is 5.71 Å². The lowest BCUT2D eigenvalue weighted by Gasteiger charge is -1.92. The lowest BCUT2D eigenvalue weighted by molar-refractivity contribution is 0.427. The number of hydrogen-bond acceptors (Lipinski definition) is 2. The van der Waals surface area contributed by atoms with Crippen molar-refractivity contribution < 1.29 is 4.39 Å². The highest BCUT2D eigenvalue weighted by molar-refractivity contribution is 5.95. The zero-order valence-corrected chi connectivity index (χ0v) is 6.34. The van der Waals surface area contributed by atoms with Crippen molar-refractivity contribution in [3.8, 4) is 0 Å². The summed E-state index contributed by atoms with van der Waals surface area (Å²) < 4.78 is 13.3. The summed E-state index contributed by atoms with van der Waals surface area (Å²) in [5, 5.41) is 11.1. The molecule has 0 aliphatic rings. The Morgan fingerprint density at radius 3 is 3.00 bits per heavy atom. The summed E-state index contributed by atoms with van der Waals surface area (Å²) in [4.78, 5) is 0. The highest BCUT2D eigenvalue weighted by Gasteiger charge is 1.98. The van der Waals surface area contributed by atoms with Crippen LogP contribution in [-0.2, 0) is 6.54 Å². The number of halogens is 1. The highest BCUT2D eigenvalue weighted by atomic mass is 19.1. The van der Waals surface area contributed by atoms with Crippen molar-refractivity contribution >= 4 is 5.71 Å². The fraction of sp³-hybridized carbons (Fsp3) is 0.429. The van der Waals surface area contributed by atoms with Gasteiger partial charge in [-0.1, -0.05) is 0 Å². The van der Waals surface area contributed by atoms with E-state index >= 15 is 0 Å². The van der Waals surface area contributed by atoms with Gasteiger partial charge in [-0.3, -0.25) is 4.68 Å². The van der Waals surface area contributed by atoms with Gasteiger partial charge in [0.15, 0.2) is 0 Å². The van der Waals surface area contributed by atoms with E-state index in [1.54, 1.807) is 19.3 Å². The molecule has 1 heterocycles. The molecule has 11 heavy (non-hydrogen) atoms. The standard InChI is InChI=1S/C7H10FN3/c1-6(9)7-4-10-11(5-7)3-2-8/h4-5,9H,2-3H2,1H3. The van der Waals surface area contributed by atoms with Crippen LogP contribution < -0.4 is 0 Å². The quantitative estimate of drug-likeness (QED) is 0.655. The number of aryl methyl sites for hydroxylation is 1. The van der Waals surface area contributed by atoms with Gasteiger partial charge in [0.25, 0.3) is 0 Å². The number of nitrogens with zero attached hydrogens (tertiary/aromatic N) is 2. The SMILES string of the molecule is CC(=N)c1cnn(CCF)c1. The summed E-state index contributed by atoms with van der Waals surface area (Å²) in [5.74, 6) is 0. The number of hydrogen-bond donors (Lipinski definition) is 1. The minimum Gasteiger partial charge on any atom is -0.305 e. The van der Waals surface area contributed by atoms with Crippen LogP contribution in [-0.4, -0.2) is 22.2 Å². The monoisotopic (exact) mass is 155 g/mol. The van der Waals surface area contributed by atoms with Crippen LogP contribution in [0.4, 0.5) is 4.39 Å². The second-order valence-electron chi connectivity index (χ2n) is 2.31. The molecule has 0 bridgehead atoms. The Balaban J connectivity index is 2.73. The zero-order valence-electron chi connectivity index (χ0n) is 6.34. The molecular formula is C7H10FN3. The molecule has 0 aliphatic heterocycles. The fourth-order valence-corrected chi connectivity index (χ4v) is 0.766. The summed E-state index contributed by atoms with van der Waals surface area (Å²) in [5.41, 5.74) is 1.20. The van der Waals surface area contributed by atoms with E-state index in [1.165, 1.54) is 4.68 Å². The largest absolute Gasteiger partial charge is 0.305 e. The molecule has 0 spiro atoms. The lowest BCUT2D eigenvalue weighted by atomic mass is 10.2. The number of nitrogens with one attached hydrogen (secondary N) is 1. The van der Waals surface area contributed by atoms with E-state index in [2.05, 4.69) is 5.10 Å². The molecule has 0 amide bonds. The van der Waals surface area contributed by atoms with Crippen LogP contribution in [0.3, 0.4) is 0 Å². The Kier molecular flexibility index (Phi) is 2.36. The molecule has 1 aromatic heterocycles. The molecule has 0 atom stereocenters. The fourth-order valence-electron chi connectivity index (χ4n) is 0.766. The van der Waals surface area contributed by atoms with Gasteiger partial charge < -0.3 is 5.41 Å². The Hall–Kier alpha value is -1.19. The first kappa shape index (κ1) is 7.91. The molecule has 0 saturated heterocycles. The van der Waals surface area contributed by atoms with Crippen molar-refractivity contribution in [3.05, 3.63) is 18.0 Å². The molecule has 1 rings (SSSR count). The summed E-state index contributed by atoms with van der Waals surface area (Å²) in [7, 11) is 0. The molecule has 3 nitrogen and oxygen atoms in total. The number of aromatic nitrogens is 2. The van der Waals surface area contributed by atoms with Crippen molar-refractivity contribution in [2.75, 3.05) is 6.67 Å². The Morgan fingerprint density at radius 2 is 2.55 bits per heavy atom. The zero-order chi connectivity index (χ0) is 8.27. The Bertz CT molecular complexity index is 254. The van der Waals surface area contributed by atoms with Crippen LogP contribution in [0, 0.1) is 5.41 Å². The average Bonchev–Trinajstić information content (AvgIpc) is 2.37. The van der Waals surface area contributed by atoms with Crippen LogP contribution in [0.1, 0.15) is 12.5 Å². The molecule has 1 aromatic rings. The van der Waals surface area contributed by atoms with Crippen molar-refractivity contribution in [2.45, 2.75) is 13.5 Å². The van der Waals surface area contributed by atoms with Crippen LogP contribution in [0.25, 0.3) is 0 Å². The Labute approximate surface area is 64.3 Å². The van der Waals surface area contributed by atoms with Crippen molar-refractivity contribution in [1.29, 1.82) is 5.41 Å². The number of rotatable bonds is 3. The Morgan fingerprint density at radius 1 is 1.82 bits per heavy atom. The maximum absolute atomic E-state index is 11.8. The van der Waals surface area contributed by atoms with Crippen molar-refractivity contribution in [2.24, 2.45) is 0 Å². The molecule has 0 saturated carbocycles. The summed E-state index contributed by atoms with van der Waals surface area (Å²) in [6, 6.07) is 0. The highest BCUT2D eigenvalue weighted by Crippen LogP contribution is 1.97. The predicted octanol–water partition coefficient (Wildman–Crippen LogP) is 1.24. The van der Waals surface area contributed by atoms with E-state index in [1.807, 2.05) is 0 Å². The third-order valence-corrected chi connectivity index (χ3v) is 1.38.